The van der Waals surface area contributed by atoms with Gasteiger partial charge in [0.2, 0.25) is 0 Å². The molecular formula is C8H15N2. The summed E-state index contributed by atoms with van der Waals surface area (Å²) in [6.07, 6.45) is 6.01. The number of rotatable bonds is 0. The van der Waals surface area contributed by atoms with E-state index in [0.717, 1.165) is 5.92 Å². The van der Waals surface area contributed by atoms with Gasteiger partial charge in [-0.15, -0.1) is 0 Å². The minimum atomic E-state index is 0.600. The predicted octanol–water partition coefficient (Wildman–Crippen LogP) is 0.857. The van der Waals surface area contributed by atoms with Crippen molar-refractivity contribution in [1.29, 1.82) is 0 Å². The van der Waals surface area contributed by atoms with Crippen molar-refractivity contribution in [3.8, 4) is 0 Å². The van der Waals surface area contributed by atoms with Crippen molar-refractivity contribution in [2.24, 2.45) is 5.92 Å². The topological polar surface area (TPSA) is 24.1 Å². The van der Waals surface area contributed by atoms with E-state index in [9.17, 15) is 0 Å². The highest BCUT2D eigenvalue weighted by Gasteiger charge is 2.26. The zero-order chi connectivity index (χ0) is 6.81. The molecule has 2 rings (SSSR count). The molecule has 2 N–H and O–H groups in total. The van der Waals surface area contributed by atoms with Crippen LogP contribution in [0.3, 0.4) is 0 Å². The summed E-state index contributed by atoms with van der Waals surface area (Å²) in [6.45, 7) is 3.39. The van der Waals surface area contributed by atoms with Gasteiger partial charge in [0.1, 0.15) is 0 Å². The smallest absolute Gasteiger partial charge is 0.0603 e. The molecule has 1 radical (unpaired) electrons. The second kappa shape index (κ2) is 2.89. The Morgan fingerprint density at radius 3 is 3.20 bits per heavy atom. The molecule has 0 aromatic heterocycles. The molecule has 2 heteroatoms. The van der Waals surface area contributed by atoms with Crippen molar-refractivity contribution in [3.63, 3.8) is 0 Å². The summed E-state index contributed by atoms with van der Waals surface area (Å²) in [5.74, 6) is 0.902. The lowest BCUT2D eigenvalue weighted by Gasteiger charge is -2.36. The maximum atomic E-state index is 3.48. The monoisotopic (exact) mass is 139 g/mol. The summed E-state index contributed by atoms with van der Waals surface area (Å²) < 4.78 is 0. The first kappa shape index (κ1) is 6.62. The number of fused-ring (bicyclic) bond motifs is 1. The fourth-order valence-corrected chi connectivity index (χ4v) is 1.97. The standard InChI is InChI=1S/C8H15N2/c1-3-7-4-2-6-10-8(7)9-5-1/h5,7-10H,1-4,6H2. The molecule has 0 amide bonds. The number of hydrogen-bond donors (Lipinski definition) is 2. The number of piperidine rings is 2. The molecular weight excluding hydrogens is 124 g/mol. The van der Waals surface area contributed by atoms with E-state index >= 15 is 0 Å². The second-order valence-electron chi connectivity index (χ2n) is 3.28. The van der Waals surface area contributed by atoms with Gasteiger partial charge in [-0.05, 0) is 38.1 Å². The van der Waals surface area contributed by atoms with Crippen molar-refractivity contribution in [2.75, 3.05) is 6.54 Å². The molecule has 2 aliphatic heterocycles. The Morgan fingerprint density at radius 1 is 1.30 bits per heavy atom. The highest BCUT2D eigenvalue weighted by Crippen LogP contribution is 2.23. The van der Waals surface area contributed by atoms with E-state index < -0.39 is 0 Å². The van der Waals surface area contributed by atoms with Gasteiger partial charge in [-0.25, -0.2) is 0 Å². The molecule has 2 atom stereocenters. The van der Waals surface area contributed by atoms with Gasteiger partial charge >= 0.3 is 0 Å². The van der Waals surface area contributed by atoms with Gasteiger partial charge in [0.25, 0.3) is 0 Å². The fraction of sp³-hybridized carbons (Fsp3) is 0.875. The molecule has 2 heterocycles. The van der Waals surface area contributed by atoms with Gasteiger partial charge in [0.05, 0.1) is 6.17 Å². The summed E-state index contributed by atoms with van der Waals surface area (Å²) in [6, 6.07) is 0. The van der Waals surface area contributed by atoms with Crippen LogP contribution in [0.5, 0.6) is 0 Å². The highest BCUT2D eigenvalue weighted by atomic mass is 15.1. The zero-order valence-electron chi connectivity index (χ0n) is 6.27. The third-order valence-corrected chi connectivity index (χ3v) is 2.57. The van der Waals surface area contributed by atoms with Crippen LogP contribution in [0.25, 0.3) is 0 Å². The van der Waals surface area contributed by atoms with Crippen molar-refractivity contribution in [1.82, 2.24) is 10.6 Å². The van der Waals surface area contributed by atoms with Crippen LogP contribution < -0.4 is 10.6 Å². The van der Waals surface area contributed by atoms with Crippen LogP contribution in [0, 0.1) is 12.5 Å². The summed E-state index contributed by atoms with van der Waals surface area (Å²) in [7, 11) is 0. The van der Waals surface area contributed by atoms with E-state index in [2.05, 4.69) is 17.2 Å². The number of hydrogen-bond acceptors (Lipinski definition) is 2. The number of nitrogens with one attached hydrogen (secondary N) is 2. The van der Waals surface area contributed by atoms with Gasteiger partial charge in [-0.3, -0.25) is 5.32 Å². The molecule has 0 bridgehead atoms. The Labute approximate surface area is 62.4 Å². The van der Waals surface area contributed by atoms with Crippen LogP contribution in [0.2, 0.25) is 0 Å². The van der Waals surface area contributed by atoms with Gasteiger partial charge in [-0.1, -0.05) is 0 Å². The van der Waals surface area contributed by atoms with Crippen LogP contribution in [-0.4, -0.2) is 12.7 Å². The lowest BCUT2D eigenvalue weighted by atomic mass is 9.89. The minimum absolute atomic E-state index is 0.600. The molecule has 2 nitrogen and oxygen atoms in total. The van der Waals surface area contributed by atoms with Crippen molar-refractivity contribution in [3.05, 3.63) is 6.54 Å². The Kier molecular flexibility index (Phi) is 1.91. The molecule has 2 saturated heterocycles. The highest BCUT2D eigenvalue weighted by molar-refractivity contribution is 4.87. The molecule has 2 aliphatic rings. The average molecular weight is 139 g/mol. The summed E-state index contributed by atoms with van der Waals surface area (Å²) >= 11 is 0. The van der Waals surface area contributed by atoms with Crippen molar-refractivity contribution < 1.29 is 0 Å². The third kappa shape index (κ3) is 1.18. The van der Waals surface area contributed by atoms with E-state index in [0.29, 0.717) is 6.17 Å². The molecule has 2 unspecified atom stereocenters. The predicted molar refractivity (Wildman–Crippen MR) is 41.2 cm³/mol. The van der Waals surface area contributed by atoms with E-state index in [1.807, 2.05) is 0 Å². The molecule has 2 fully saturated rings. The first-order valence-corrected chi connectivity index (χ1v) is 4.28. The molecule has 0 spiro atoms. The first-order valence-electron chi connectivity index (χ1n) is 4.28. The van der Waals surface area contributed by atoms with E-state index in [1.54, 1.807) is 0 Å². The normalized spacial score (nSPS) is 40.8. The van der Waals surface area contributed by atoms with Crippen LogP contribution in [-0.2, 0) is 0 Å². The van der Waals surface area contributed by atoms with Gasteiger partial charge in [0.15, 0.2) is 0 Å². The van der Waals surface area contributed by atoms with Gasteiger partial charge < -0.3 is 5.32 Å². The molecule has 0 saturated carbocycles. The lowest BCUT2D eigenvalue weighted by molar-refractivity contribution is 0.210. The first-order chi connectivity index (χ1) is 4.97. The second-order valence-corrected chi connectivity index (χ2v) is 3.28. The molecule has 10 heavy (non-hydrogen) atoms. The van der Waals surface area contributed by atoms with E-state index in [4.69, 9.17) is 0 Å². The van der Waals surface area contributed by atoms with Crippen LogP contribution in [0.4, 0.5) is 0 Å². The lowest BCUT2D eigenvalue weighted by Crippen LogP contribution is -2.52. The largest absolute Gasteiger partial charge is 0.302 e. The summed E-state index contributed by atoms with van der Waals surface area (Å²) in [5.41, 5.74) is 0. The molecule has 0 aromatic carbocycles. The minimum Gasteiger partial charge on any atom is -0.302 e. The maximum absolute atomic E-state index is 3.48. The molecule has 0 aromatic rings. The summed E-state index contributed by atoms with van der Waals surface area (Å²) in [4.78, 5) is 0. The summed E-state index contributed by atoms with van der Waals surface area (Å²) in [5, 5.41) is 6.86. The molecule has 57 valence electrons. The van der Waals surface area contributed by atoms with E-state index in [-0.39, 0.29) is 0 Å². The quantitative estimate of drug-likeness (QED) is 0.520. The van der Waals surface area contributed by atoms with Crippen LogP contribution in [0.1, 0.15) is 25.7 Å². The fourth-order valence-electron chi connectivity index (χ4n) is 1.97. The average Bonchev–Trinajstić information content (AvgIpc) is 2.05. The molecule has 0 aliphatic carbocycles. The SMILES string of the molecule is [CH]1CCC2CCCNC2N1. The van der Waals surface area contributed by atoms with Gasteiger partial charge in [0, 0.05) is 6.54 Å². The zero-order valence-corrected chi connectivity index (χ0v) is 6.27. The van der Waals surface area contributed by atoms with Crippen molar-refractivity contribution in [2.45, 2.75) is 31.8 Å². The Balaban J connectivity index is 1.93. The third-order valence-electron chi connectivity index (χ3n) is 2.57. The maximum Gasteiger partial charge on any atom is 0.0603 e. The van der Waals surface area contributed by atoms with E-state index in [1.165, 1.54) is 32.2 Å². The van der Waals surface area contributed by atoms with Crippen LogP contribution >= 0.6 is 0 Å². The Hall–Kier alpha value is -0.0800. The van der Waals surface area contributed by atoms with Crippen molar-refractivity contribution >= 4 is 0 Å². The Morgan fingerprint density at radius 2 is 2.30 bits per heavy atom. The Bertz CT molecular complexity index is 87.8. The van der Waals surface area contributed by atoms with Gasteiger partial charge in [-0.2, -0.15) is 0 Å². The van der Waals surface area contributed by atoms with Crippen LogP contribution in [0.15, 0.2) is 0 Å².